The zero-order chi connectivity index (χ0) is 16.5. The minimum atomic E-state index is 0.100. The van der Waals surface area contributed by atoms with Gasteiger partial charge in [-0.2, -0.15) is 0 Å². The molecule has 1 aliphatic heterocycles. The molecule has 0 spiro atoms. The van der Waals surface area contributed by atoms with Gasteiger partial charge in [-0.15, -0.1) is 0 Å². The summed E-state index contributed by atoms with van der Waals surface area (Å²) in [7, 11) is 0. The summed E-state index contributed by atoms with van der Waals surface area (Å²) in [6.45, 7) is 1.53. The number of aromatic amines is 1. The van der Waals surface area contributed by atoms with Gasteiger partial charge in [0.05, 0.1) is 11.0 Å². The Labute approximate surface area is 149 Å². The number of hydrogen-bond donors (Lipinski definition) is 1. The van der Waals surface area contributed by atoms with E-state index >= 15 is 0 Å². The normalized spacial score (nSPS) is 18.0. The summed E-state index contributed by atoms with van der Waals surface area (Å²) in [5, 5.41) is 0. The molecule has 1 fully saturated rings. The lowest BCUT2D eigenvalue weighted by molar-refractivity contribution is 0.0705. The van der Waals surface area contributed by atoms with Crippen LogP contribution in [0.25, 0.3) is 11.0 Å². The number of aromatic nitrogens is 2. The fourth-order valence-corrected chi connectivity index (χ4v) is 3.59. The van der Waals surface area contributed by atoms with Gasteiger partial charge in [0.15, 0.2) is 0 Å². The molecule has 2 heterocycles. The molecule has 122 valence electrons. The predicted octanol–water partition coefficient (Wildman–Crippen LogP) is 4.35. The van der Waals surface area contributed by atoms with Crippen molar-refractivity contribution in [2.45, 2.75) is 18.8 Å². The summed E-state index contributed by atoms with van der Waals surface area (Å²) in [6.07, 6.45) is 2.06. The Morgan fingerprint density at radius 2 is 1.96 bits per heavy atom. The van der Waals surface area contributed by atoms with Gasteiger partial charge in [-0.3, -0.25) is 4.79 Å². The number of amides is 1. The second kappa shape index (κ2) is 6.40. The van der Waals surface area contributed by atoms with Crippen molar-refractivity contribution in [3.8, 4) is 0 Å². The number of para-hydroxylation sites is 2. The summed E-state index contributed by atoms with van der Waals surface area (Å²) in [4.78, 5) is 22.8. The fraction of sp³-hybridized carbons (Fsp3) is 0.263. The van der Waals surface area contributed by atoms with Gasteiger partial charge < -0.3 is 9.88 Å². The molecule has 4 nitrogen and oxygen atoms in total. The maximum Gasteiger partial charge on any atom is 0.253 e. The number of likely N-dealkylation sites (tertiary alicyclic amines) is 1. The molecular formula is C19H18BrN3O. The Bertz CT molecular complexity index is 839. The number of nitrogens with one attached hydrogen (secondary N) is 1. The highest BCUT2D eigenvalue weighted by molar-refractivity contribution is 9.10. The zero-order valence-electron chi connectivity index (χ0n) is 13.2. The van der Waals surface area contributed by atoms with Crippen molar-refractivity contribution >= 4 is 32.9 Å². The van der Waals surface area contributed by atoms with Gasteiger partial charge in [0, 0.05) is 29.0 Å². The van der Waals surface area contributed by atoms with E-state index in [-0.39, 0.29) is 11.8 Å². The molecule has 5 heteroatoms. The van der Waals surface area contributed by atoms with Crippen LogP contribution in [0, 0.1) is 0 Å². The number of carbonyl (C=O) groups excluding carboxylic acids is 1. The van der Waals surface area contributed by atoms with Gasteiger partial charge in [-0.25, -0.2) is 4.98 Å². The lowest BCUT2D eigenvalue weighted by Gasteiger charge is -2.32. The van der Waals surface area contributed by atoms with Crippen LogP contribution >= 0.6 is 15.9 Å². The van der Waals surface area contributed by atoms with Crippen LogP contribution in [0.1, 0.15) is 34.9 Å². The van der Waals surface area contributed by atoms with Crippen molar-refractivity contribution in [2.24, 2.45) is 0 Å². The van der Waals surface area contributed by atoms with Crippen LogP contribution in [0.15, 0.2) is 53.0 Å². The predicted molar refractivity (Wildman–Crippen MR) is 98.1 cm³/mol. The molecular weight excluding hydrogens is 366 g/mol. The number of piperidine rings is 1. The molecule has 1 unspecified atom stereocenters. The van der Waals surface area contributed by atoms with E-state index < -0.39 is 0 Å². The summed E-state index contributed by atoms with van der Waals surface area (Å²) in [5.74, 6) is 1.36. The number of benzene rings is 2. The largest absolute Gasteiger partial charge is 0.342 e. The fourth-order valence-electron chi connectivity index (χ4n) is 3.33. The average Bonchev–Trinajstić information content (AvgIpc) is 3.06. The van der Waals surface area contributed by atoms with Crippen LogP contribution in [-0.4, -0.2) is 33.9 Å². The van der Waals surface area contributed by atoms with Crippen molar-refractivity contribution in [2.75, 3.05) is 13.1 Å². The molecule has 1 aliphatic rings. The van der Waals surface area contributed by atoms with E-state index in [9.17, 15) is 4.79 Å². The number of carbonyl (C=O) groups is 1. The Morgan fingerprint density at radius 3 is 2.75 bits per heavy atom. The molecule has 2 aromatic carbocycles. The van der Waals surface area contributed by atoms with E-state index in [2.05, 4.69) is 20.9 Å². The molecule has 4 rings (SSSR count). The van der Waals surface area contributed by atoms with E-state index in [0.29, 0.717) is 6.54 Å². The number of rotatable bonds is 2. The Kier molecular flexibility index (Phi) is 4.10. The zero-order valence-corrected chi connectivity index (χ0v) is 14.8. The number of imidazole rings is 1. The minimum absolute atomic E-state index is 0.100. The molecule has 1 atom stereocenters. The third-order valence-corrected chi connectivity index (χ3v) is 5.12. The number of fused-ring (bicyclic) bond motifs is 1. The van der Waals surface area contributed by atoms with E-state index in [4.69, 9.17) is 4.98 Å². The standard InChI is InChI=1S/C19H18BrN3O/c20-15-9-7-13(8-10-15)19(24)23-11-3-4-14(12-23)18-21-16-5-1-2-6-17(16)22-18/h1-2,5-10,14H,3-4,11-12H2,(H,21,22). The SMILES string of the molecule is O=C(c1ccc(Br)cc1)N1CCCC(c2nc3ccccc3[nH]2)C1. The molecule has 0 aliphatic carbocycles. The van der Waals surface area contributed by atoms with Crippen molar-refractivity contribution in [3.05, 3.63) is 64.4 Å². The first-order valence-corrected chi connectivity index (χ1v) is 8.99. The van der Waals surface area contributed by atoms with Crippen LogP contribution in [0.3, 0.4) is 0 Å². The number of hydrogen-bond acceptors (Lipinski definition) is 2. The second-order valence-electron chi connectivity index (χ2n) is 6.24. The van der Waals surface area contributed by atoms with E-state index in [1.807, 2.05) is 53.4 Å². The highest BCUT2D eigenvalue weighted by Crippen LogP contribution is 2.27. The van der Waals surface area contributed by atoms with Crippen molar-refractivity contribution in [1.82, 2.24) is 14.9 Å². The number of halogens is 1. The van der Waals surface area contributed by atoms with Crippen LogP contribution < -0.4 is 0 Å². The Hall–Kier alpha value is -2.14. The van der Waals surface area contributed by atoms with Crippen molar-refractivity contribution in [3.63, 3.8) is 0 Å². The highest BCUT2D eigenvalue weighted by atomic mass is 79.9. The van der Waals surface area contributed by atoms with Crippen LogP contribution in [-0.2, 0) is 0 Å². The summed E-state index contributed by atoms with van der Waals surface area (Å²) < 4.78 is 0.984. The van der Waals surface area contributed by atoms with Gasteiger partial charge >= 0.3 is 0 Å². The quantitative estimate of drug-likeness (QED) is 0.715. The summed E-state index contributed by atoms with van der Waals surface area (Å²) in [6, 6.07) is 15.6. The summed E-state index contributed by atoms with van der Waals surface area (Å²) in [5.41, 5.74) is 2.79. The maximum absolute atomic E-state index is 12.7. The van der Waals surface area contributed by atoms with E-state index in [0.717, 1.165) is 46.3 Å². The molecule has 1 aromatic heterocycles. The maximum atomic E-state index is 12.7. The van der Waals surface area contributed by atoms with Gasteiger partial charge in [0.25, 0.3) is 5.91 Å². The third kappa shape index (κ3) is 2.96. The van der Waals surface area contributed by atoms with Crippen LogP contribution in [0.2, 0.25) is 0 Å². The second-order valence-corrected chi connectivity index (χ2v) is 7.15. The van der Waals surface area contributed by atoms with Crippen LogP contribution in [0.4, 0.5) is 0 Å². The van der Waals surface area contributed by atoms with Gasteiger partial charge in [0.1, 0.15) is 5.82 Å². The highest BCUT2D eigenvalue weighted by Gasteiger charge is 2.27. The first-order valence-electron chi connectivity index (χ1n) is 8.20. The minimum Gasteiger partial charge on any atom is -0.342 e. The topological polar surface area (TPSA) is 49.0 Å². The van der Waals surface area contributed by atoms with Gasteiger partial charge in [-0.1, -0.05) is 28.1 Å². The smallest absolute Gasteiger partial charge is 0.253 e. The van der Waals surface area contributed by atoms with Gasteiger partial charge in [-0.05, 0) is 49.2 Å². The number of H-pyrrole nitrogens is 1. The van der Waals surface area contributed by atoms with Crippen molar-refractivity contribution < 1.29 is 4.79 Å². The molecule has 1 N–H and O–H groups in total. The van der Waals surface area contributed by atoms with E-state index in [1.165, 1.54) is 0 Å². The van der Waals surface area contributed by atoms with E-state index in [1.54, 1.807) is 0 Å². The monoisotopic (exact) mass is 383 g/mol. The van der Waals surface area contributed by atoms with Crippen LogP contribution in [0.5, 0.6) is 0 Å². The third-order valence-electron chi connectivity index (χ3n) is 4.59. The molecule has 0 radical (unpaired) electrons. The molecule has 0 saturated carbocycles. The Morgan fingerprint density at radius 1 is 1.17 bits per heavy atom. The first-order chi connectivity index (χ1) is 11.7. The molecule has 3 aromatic rings. The average molecular weight is 384 g/mol. The summed E-state index contributed by atoms with van der Waals surface area (Å²) >= 11 is 3.41. The van der Waals surface area contributed by atoms with Crippen molar-refractivity contribution in [1.29, 1.82) is 0 Å². The lowest BCUT2D eigenvalue weighted by atomic mass is 9.96. The molecule has 1 amide bonds. The number of nitrogens with zero attached hydrogens (tertiary/aromatic N) is 2. The molecule has 0 bridgehead atoms. The van der Waals surface area contributed by atoms with Gasteiger partial charge in [0.2, 0.25) is 0 Å². The first kappa shape index (κ1) is 15.4. The molecule has 24 heavy (non-hydrogen) atoms. The molecule has 1 saturated heterocycles. The lowest BCUT2D eigenvalue weighted by Crippen LogP contribution is -2.39. The Balaban J connectivity index is 1.54.